The van der Waals surface area contributed by atoms with E-state index >= 15 is 0 Å². The molecule has 2 aliphatic rings. The van der Waals surface area contributed by atoms with Gasteiger partial charge < -0.3 is 4.74 Å². The fourth-order valence-electron chi connectivity index (χ4n) is 3.46. The molecule has 2 atom stereocenters. The second-order valence-corrected chi connectivity index (χ2v) is 6.30. The molecule has 1 fully saturated rings. The van der Waals surface area contributed by atoms with Gasteiger partial charge in [-0.2, -0.15) is 0 Å². The standard InChI is InChI=1S/C17H21NO/c1-11-9-15-16(17(15,2)3)14(11)10-18-12-5-7-13(19-4)8-6-12/h5-8,10,15-16H,9H2,1-4H3/t15-,16+/m0/s1. The molecular weight excluding hydrogens is 234 g/mol. The number of allylic oxidation sites excluding steroid dienone is 2. The molecule has 0 aliphatic heterocycles. The van der Waals surface area contributed by atoms with E-state index in [-0.39, 0.29) is 0 Å². The molecule has 0 N–H and O–H groups in total. The third-order valence-corrected chi connectivity index (χ3v) is 4.83. The number of hydrogen-bond donors (Lipinski definition) is 0. The van der Waals surface area contributed by atoms with Crippen LogP contribution in [0.25, 0.3) is 0 Å². The predicted octanol–water partition coefficient (Wildman–Crippen LogP) is 4.39. The van der Waals surface area contributed by atoms with Crippen molar-refractivity contribution in [3.63, 3.8) is 0 Å². The lowest BCUT2D eigenvalue weighted by Gasteiger charge is -2.10. The van der Waals surface area contributed by atoms with Crippen LogP contribution in [0.5, 0.6) is 5.75 Å². The largest absolute Gasteiger partial charge is 0.497 e. The van der Waals surface area contributed by atoms with E-state index in [0.29, 0.717) is 5.41 Å². The maximum Gasteiger partial charge on any atom is 0.119 e. The summed E-state index contributed by atoms with van der Waals surface area (Å²) in [5.41, 5.74) is 4.46. The van der Waals surface area contributed by atoms with Crippen LogP contribution in [0.3, 0.4) is 0 Å². The van der Waals surface area contributed by atoms with Crippen LogP contribution in [0, 0.1) is 17.3 Å². The van der Waals surface area contributed by atoms with E-state index in [1.807, 2.05) is 24.3 Å². The molecule has 2 aliphatic carbocycles. The first-order chi connectivity index (χ1) is 9.04. The highest BCUT2D eigenvalue weighted by molar-refractivity contribution is 5.85. The second kappa shape index (κ2) is 4.22. The monoisotopic (exact) mass is 255 g/mol. The average molecular weight is 255 g/mol. The van der Waals surface area contributed by atoms with Crippen molar-refractivity contribution < 1.29 is 4.74 Å². The van der Waals surface area contributed by atoms with E-state index in [1.54, 1.807) is 7.11 Å². The van der Waals surface area contributed by atoms with Crippen molar-refractivity contribution in [2.24, 2.45) is 22.2 Å². The summed E-state index contributed by atoms with van der Waals surface area (Å²) in [6.45, 7) is 6.99. The molecule has 0 aromatic heterocycles. The van der Waals surface area contributed by atoms with Crippen molar-refractivity contribution in [2.45, 2.75) is 27.2 Å². The van der Waals surface area contributed by atoms with Gasteiger partial charge in [0.05, 0.1) is 12.8 Å². The van der Waals surface area contributed by atoms with Crippen LogP contribution in [0.1, 0.15) is 27.2 Å². The summed E-state index contributed by atoms with van der Waals surface area (Å²) < 4.78 is 5.15. The highest BCUT2D eigenvalue weighted by atomic mass is 16.5. The van der Waals surface area contributed by atoms with Crippen LogP contribution in [0.2, 0.25) is 0 Å². The lowest BCUT2D eigenvalue weighted by atomic mass is 9.96. The van der Waals surface area contributed by atoms with E-state index in [9.17, 15) is 0 Å². The van der Waals surface area contributed by atoms with Gasteiger partial charge in [0.15, 0.2) is 0 Å². The Morgan fingerprint density at radius 1 is 1.26 bits per heavy atom. The molecule has 0 amide bonds. The van der Waals surface area contributed by atoms with Crippen molar-refractivity contribution in [1.29, 1.82) is 0 Å². The maximum absolute atomic E-state index is 5.15. The summed E-state index contributed by atoms with van der Waals surface area (Å²) in [6.07, 6.45) is 3.33. The lowest BCUT2D eigenvalue weighted by Crippen LogP contribution is -2.00. The van der Waals surface area contributed by atoms with Crippen molar-refractivity contribution in [2.75, 3.05) is 7.11 Å². The number of rotatable bonds is 3. The van der Waals surface area contributed by atoms with Gasteiger partial charge in [0.1, 0.15) is 5.75 Å². The molecule has 19 heavy (non-hydrogen) atoms. The molecule has 3 rings (SSSR count). The van der Waals surface area contributed by atoms with Crippen molar-refractivity contribution in [3.8, 4) is 5.75 Å². The van der Waals surface area contributed by atoms with Crippen LogP contribution in [0.4, 0.5) is 5.69 Å². The zero-order valence-electron chi connectivity index (χ0n) is 12.1. The molecule has 1 aromatic carbocycles. The summed E-state index contributed by atoms with van der Waals surface area (Å²) in [5, 5.41) is 0. The molecule has 100 valence electrons. The molecular formula is C17H21NO. The van der Waals surface area contributed by atoms with E-state index in [0.717, 1.165) is 23.3 Å². The summed E-state index contributed by atoms with van der Waals surface area (Å²) >= 11 is 0. The van der Waals surface area contributed by atoms with Gasteiger partial charge in [-0.1, -0.05) is 19.4 Å². The van der Waals surface area contributed by atoms with Gasteiger partial charge in [0.2, 0.25) is 0 Å². The Balaban J connectivity index is 1.77. The maximum atomic E-state index is 5.15. The number of fused-ring (bicyclic) bond motifs is 1. The Bertz CT molecular complexity index is 551. The summed E-state index contributed by atoms with van der Waals surface area (Å²) in [7, 11) is 1.68. The van der Waals surface area contributed by atoms with E-state index in [2.05, 4.69) is 32.0 Å². The number of ether oxygens (including phenoxy) is 1. The third kappa shape index (κ3) is 1.99. The normalized spacial score (nSPS) is 27.8. The summed E-state index contributed by atoms with van der Waals surface area (Å²) in [5.74, 6) is 2.46. The number of aliphatic imine (C=N–C) groups is 1. The zero-order chi connectivity index (χ0) is 13.6. The molecule has 0 spiro atoms. The van der Waals surface area contributed by atoms with Gasteiger partial charge in [-0.25, -0.2) is 0 Å². The molecule has 2 heteroatoms. The first kappa shape index (κ1) is 12.5. The van der Waals surface area contributed by atoms with Gasteiger partial charge in [-0.05, 0) is 60.4 Å². The van der Waals surface area contributed by atoms with E-state index < -0.39 is 0 Å². The average Bonchev–Trinajstić information content (AvgIpc) is 2.76. The van der Waals surface area contributed by atoms with E-state index in [4.69, 9.17) is 4.74 Å². The molecule has 0 saturated heterocycles. The van der Waals surface area contributed by atoms with Crippen molar-refractivity contribution >= 4 is 11.9 Å². The van der Waals surface area contributed by atoms with Crippen LogP contribution in [-0.2, 0) is 0 Å². The number of benzene rings is 1. The Labute approximate surface area is 115 Å². The summed E-state index contributed by atoms with van der Waals surface area (Å²) in [6, 6.07) is 7.89. The molecule has 2 nitrogen and oxygen atoms in total. The van der Waals surface area contributed by atoms with E-state index in [1.165, 1.54) is 17.6 Å². The second-order valence-electron chi connectivity index (χ2n) is 6.30. The smallest absolute Gasteiger partial charge is 0.119 e. The van der Waals surface area contributed by atoms with Gasteiger partial charge in [-0.15, -0.1) is 0 Å². The summed E-state index contributed by atoms with van der Waals surface area (Å²) in [4.78, 5) is 4.62. The van der Waals surface area contributed by atoms with Gasteiger partial charge >= 0.3 is 0 Å². The quantitative estimate of drug-likeness (QED) is 0.734. The fourth-order valence-corrected chi connectivity index (χ4v) is 3.46. The SMILES string of the molecule is COc1ccc(N=CC2=C(C)C[C@H]3[C@@H]2C3(C)C)cc1. The van der Waals surface area contributed by atoms with Gasteiger partial charge in [0, 0.05) is 6.21 Å². The van der Waals surface area contributed by atoms with Crippen LogP contribution >= 0.6 is 0 Å². The first-order valence-corrected chi connectivity index (χ1v) is 6.92. The minimum absolute atomic E-state index is 0.487. The molecule has 0 bridgehead atoms. The highest BCUT2D eigenvalue weighted by Gasteiger charge is 2.61. The van der Waals surface area contributed by atoms with Crippen molar-refractivity contribution in [1.82, 2.24) is 0 Å². The Morgan fingerprint density at radius 3 is 2.53 bits per heavy atom. The topological polar surface area (TPSA) is 21.6 Å². The van der Waals surface area contributed by atoms with Crippen molar-refractivity contribution in [3.05, 3.63) is 35.4 Å². The minimum Gasteiger partial charge on any atom is -0.497 e. The number of methoxy groups -OCH3 is 1. The zero-order valence-corrected chi connectivity index (χ0v) is 12.1. The molecule has 0 heterocycles. The minimum atomic E-state index is 0.487. The molecule has 0 unspecified atom stereocenters. The Kier molecular flexibility index (Phi) is 2.77. The highest BCUT2D eigenvalue weighted by Crippen LogP contribution is 2.68. The Hall–Kier alpha value is -1.57. The number of hydrogen-bond acceptors (Lipinski definition) is 2. The molecule has 1 saturated carbocycles. The molecule has 1 aromatic rings. The third-order valence-electron chi connectivity index (χ3n) is 4.83. The lowest BCUT2D eigenvalue weighted by molar-refractivity contribution is 0.415. The predicted molar refractivity (Wildman–Crippen MR) is 79.2 cm³/mol. The number of nitrogens with zero attached hydrogens (tertiary/aromatic N) is 1. The fraction of sp³-hybridized carbons (Fsp3) is 0.471. The van der Waals surface area contributed by atoms with Gasteiger partial charge in [0.25, 0.3) is 0 Å². The van der Waals surface area contributed by atoms with Gasteiger partial charge in [-0.3, -0.25) is 4.99 Å². The van der Waals surface area contributed by atoms with Crippen LogP contribution in [-0.4, -0.2) is 13.3 Å². The van der Waals surface area contributed by atoms with Crippen LogP contribution < -0.4 is 4.74 Å². The van der Waals surface area contributed by atoms with Crippen LogP contribution in [0.15, 0.2) is 40.4 Å². The molecule has 0 radical (unpaired) electrons. The first-order valence-electron chi connectivity index (χ1n) is 6.92. The Morgan fingerprint density at radius 2 is 1.95 bits per heavy atom.